The Balaban J connectivity index is 4.54. The molecule has 0 amide bonds. The molecule has 0 bridgehead atoms. The largest absolute Gasteiger partial charge is 0.469 e. The lowest BCUT2D eigenvalue weighted by Gasteiger charge is -2.35. The number of rotatable bonds is 3. The van der Waals surface area contributed by atoms with E-state index in [0.717, 1.165) is 6.42 Å². The summed E-state index contributed by atoms with van der Waals surface area (Å²) in [5.41, 5.74) is 0.410. The maximum absolute atomic E-state index is 11.3. The van der Waals surface area contributed by atoms with E-state index >= 15 is 0 Å². The Labute approximate surface area is 94.4 Å². The molecule has 0 aromatic heterocycles. The zero-order chi connectivity index (χ0) is 12.3. The molecule has 1 atom stereocenters. The predicted octanol–water partition coefficient (Wildman–Crippen LogP) is 3.65. The van der Waals surface area contributed by atoms with Gasteiger partial charge in [-0.25, -0.2) is 0 Å². The van der Waals surface area contributed by atoms with Crippen LogP contribution in [0.4, 0.5) is 0 Å². The van der Waals surface area contributed by atoms with E-state index in [2.05, 4.69) is 41.5 Å². The van der Waals surface area contributed by atoms with Gasteiger partial charge in [0.05, 0.1) is 7.11 Å². The lowest BCUT2D eigenvalue weighted by atomic mass is 9.71. The van der Waals surface area contributed by atoms with Crippen molar-refractivity contribution in [1.82, 2.24) is 0 Å². The molecule has 0 radical (unpaired) electrons. The van der Waals surface area contributed by atoms with Gasteiger partial charge in [0.2, 0.25) is 0 Å². The zero-order valence-electron chi connectivity index (χ0n) is 11.3. The van der Waals surface area contributed by atoms with Crippen molar-refractivity contribution < 1.29 is 9.53 Å². The number of hydrogen-bond donors (Lipinski definition) is 0. The molecule has 0 heterocycles. The van der Waals surface area contributed by atoms with Gasteiger partial charge < -0.3 is 4.74 Å². The van der Waals surface area contributed by atoms with Crippen molar-refractivity contribution in [1.29, 1.82) is 0 Å². The van der Waals surface area contributed by atoms with Crippen molar-refractivity contribution in [2.24, 2.45) is 16.7 Å². The summed E-state index contributed by atoms with van der Waals surface area (Å²) in [5.74, 6) is 0.282. The molecule has 90 valence electrons. The number of carbonyl (C=O) groups is 1. The molecule has 2 heteroatoms. The van der Waals surface area contributed by atoms with E-state index in [0.29, 0.717) is 12.3 Å². The van der Waals surface area contributed by atoms with Crippen LogP contribution in [0.25, 0.3) is 0 Å². The first-order chi connectivity index (χ1) is 6.56. The van der Waals surface area contributed by atoms with E-state index < -0.39 is 0 Å². The highest BCUT2D eigenvalue weighted by Crippen LogP contribution is 2.38. The van der Waals surface area contributed by atoms with Crippen molar-refractivity contribution in [3.05, 3.63) is 0 Å². The van der Waals surface area contributed by atoms with Gasteiger partial charge in [-0.05, 0) is 23.2 Å². The molecule has 1 unspecified atom stereocenters. The second-order valence-electron chi connectivity index (χ2n) is 6.61. The number of hydrogen-bond acceptors (Lipinski definition) is 2. The molecule has 0 aliphatic heterocycles. The van der Waals surface area contributed by atoms with Gasteiger partial charge in [0.15, 0.2) is 0 Å². The quantitative estimate of drug-likeness (QED) is 0.670. The molecule has 0 N–H and O–H groups in total. The van der Waals surface area contributed by atoms with Crippen LogP contribution >= 0.6 is 0 Å². The number of carbonyl (C=O) groups excluding carboxylic acids is 1. The molecule has 0 aliphatic rings. The predicted molar refractivity (Wildman–Crippen MR) is 63.7 cm³/mol. The van der Waals surface area contributed by atoms with Gasteiger partial charge in [-0.1, -0.05) is 41.5 Å². The summed E-state index contributed by atoms with van der Waals surface area (Å²) in [6.07, 6.45) is 1.57. The molecule has 0 aliphatic carbocycles. The third-order valence-corrected chi connectivity index (χ3v) is 2.72. The van der Waals surface area contributed by atoms with Crippen LogP contribution in [0.3, 0.4) is 0 Å². The van der Waals surface area contributed by atoms with E-state index in [-0.39, 0.29) is 16.8 Å². The van der Waals surface area contributed by atoms with Crippen LogP contribution in [0.5, 0.6) is 0 Å². The van der Waals surface area contributed by atoms with Crippen molar-refractivity contribution in [3.8, 4) is 0 Å². The first kappa shape index (κ1) is 14.5. The van der Waals surface area contributed by atoms with Gasteiger partial charge in [-0.2, -0.15) is 0 Å². The fraction of sp³-hybridized carbons (Fsp3) is 0.923. The average molecular weight is 214 g/mol. The first-order valence-electron chi connectivity index (χ1n) is 5.63. The number of ether oxygens (including phenoxy) is 1. The first-order valence-corrected chi connectivity index (χ1v) is 5.63. The van der Waals surface area contributed by atoms with Crippen LogP contribution in [-0.2, 0) is 9.53 Å². The molecule has 0 rings (SSSR count). The van der Waals surface area contributed by atoms with Crippen molar-refractivity contribution >= 4 is 5.97 Å². The third-order valence-electron chi connectivity index (χ3n) is 2.72. The van der Waals surface area contributed by atoms with Crippen LogP contribution < -0.4 is 0 Å². The summed E-state index contributed by atoms with van der Waals surface area (Å²) >= 11 is 0. The minimum Gasteiger partial charge on any atom is -0.469 e. The van der Waals surface area contributed by atoms with Gasteiger partial charge >= 0.3 is 5.97 Å². The van der Waals surface area contributed by atoms with Gasteiger partial charge in [-0.15, -0.1) is 0 Å². The monoisotopic (exact) mass is 214 g/mol. The highest BCUT2D eigenvalue weighted by molar-refractivity contribution is 5.69. The molecular formula is C13H26O2. The zero-order valence-corrected chi connectivity index (χ0v) is 11.3. The molecule has 2 nitrogen and oxygen atoms in total. The average Bonchev–Trinajstić information content (AvgIpc) is 1.98. The molecule has 0 aromatic carbocycles. The Morgan fingerprint density at radius 2 is 1.60 bits per heavy atom. The van der Waals surface area contributed by atoms with Crippen LogP contribution in [0, 0.1) is 16.7 Å². The second kappa shape index (κ2) is 5.00. The summed E-state index contributed by atoms with van der Waals surface area (Å²) in [7, 11) is 1.46. The number of esters is 1. The smallest absolute Gasteiger partial charge is 0.305 e. The van der Waals surface area contributed by atoms with Crippen LogP contribution in [-0.4, -0.2) is 13.1 Å². The summed E-state index contributed by atoms with van der Waals surface area (Å²) < 4.78 is 4.75. The van der Waals surface area contributed by atoms with E-state index in [9.17, 15) is 4.79 Å². The molecule has 0 fully saturated rings. The Kier molecular flexibility index (Phi) is 4.82. The van der Waals surface area contributed by atoms with Crippen LogP contribution in [0.1, 0.15) is 54.4 Å². The maximum atomic E-state index is 11.3. The Morgan fingerprint density at radius 1 is 1.13 bits per heavy atom. The minimum atomic E-state index is -0.0980. The summed E-state index contributed by atoms with van der Waals surface area (Å²) in [4.78, 5) is 11.3. The lowest BCUT2D eigenvalue weighted by Crippen LogP contribution is -2.28. The van der Waals surface area contributed by atoms with E-state index in [1.165, 1.54) is 7.11 Å². The fourth-order valence-corrected chi connectivity index (χ4v) is 1.71. The molecule has 0 saturated carbocycles. The van der Waals surface area contributed by atoms with E-state index in [1.807, 2.05) is 0 Å². The lowest BCUT2D eigenvalue weighted by molar-refractivity contribution is -0.143. The van der Waals surface area contributed by atoms with Crippen molar-refractivity contribution in [3.63, 3.8) is 0 Å². The molecule has 0 aromatic rings. The van der Waals surface area contributed by atoms with E-state index in [1.54, 1.807) is 0 Å². The Hall–Kier alpha value is -0.530. The Morgan fingerprint density at radius 3 is 1.87 bits per heavy atom. The highest BCUT2D eigenvalue weighted by Gasteiger charge is 2.30. The van der Waals surface area contributed by atoms with Gasteiger partial charge in [0, 0.05) is 6.42 Å². The van der Waals surface area contributed by atoms with Gasteiger partial charge in [0.25, 0.3) is 0 Å². The van der Waals surface area contributed by atoms with E-state index in [4.69, 9.17) is 4.74 Å². The summed E-state index contributed by atoms with van der Waals surface area (Å²) in [6.45, 7) is 13.2. The summed E-state index contributed by atoms with van der Waals surface area (Å²) in [6, 6.07) is 0. The second-order valence-corrected chi connectivity index (χ2v) is 6.61. The van der Waals surface area contributed by atoms with Crippen molar-refractivity contribution in [2.45, 2.75) is 54.4 Å². The minimum absolute atomic E-state index is 0.0980. The van der Waals surface area contributed by atoms with Gasteiger partial charge in [0.1, 0.15) is 0 Å². The molecule has 15 heavy (non-hydrogen) atoms. The summed E-state index contributed by atoms with van der Waals surface area (Å²) in [5, 5.41) is 0. The third kappa shape index (κ3) is 6.53. The molecular weight excluding hydrogens is 188 g/mol. The molecule has 0 saturated heterocycles. The van der Waals surface area contributed by atoms with Gasteiger partial charge in [-0.3, -0.25) is 4.79 Å². The topological polar surface area (TPSA) is 26.3 Å². The molecule has 0 spiro atoms. The van der Waals surface area contributed by atoms with Crippen LogP contribution in [0.2, 0.25) is 0 Å². The maximum Gasteiger partial charge on any atom is 0.305 e. The Bertz CT molecular complexity index is 206. The normalized spacial score (nSPS) is 14.9. The SMILES string of the molecule is COC(=O)CC(CC(C)(C)C)C(C)(C)C. The highest BCUT2D eigenvalue weighted by atomic mass is 16.5. The standard InChI is InChI=1S/C13H26O2/c1-12(2,3)9-10(13(4,5)6)8-11(14)15-7/h10H,8-9H2,1-7H3. The van der Waals surface area contributed by atoms with Crippen molar-refractivity contribution in [2.75, 3.05) is 7.11 Å². The number of methoxy groups -OCH3 is 1. The van der Waals surface area contributed by atoms with Crippen LogP contribution in [0.15, 0.2) is 0 Å². The fourth-order valence-electron chi connectivity index (χ4n) is 1.71.